The van der Waals surface area contributed by atoms with Crippen LogP contribution < -0.4 is 16.4 Å². The zero-order chi connectivity index (χ0) is 23.2. The normalized spacial score (nSPS) is 12.0. The van der Waals surface area contributed by atoms with Crippen LogP contribution in [0.4, 0.5) is 23.7 Å². The third kappa shape index (κ3) is 7.18. The van der Waals surface area contributed by atoms with Gasteiger partial charge in [-0.05, 0) is 23.8 Å². The summed E-state index contributed by atoms with van der Waals surface area (Å²) in [6, 6.07) is 10.1. The molecule has 2 rings (SSSR count). The van der Waals surface area contributed by atoms with Crippen LogP contribution in [0.15, 0.2) is 48.5 Å². The van der Waals surface area contributed by atoms with Gasteiger partial charge in [0.2, 0.25) is 11.8 Å². The number of halogens is 4. The average molecular weight is 457 g/mol. The van der Waals surface area contributed by atoms with Gasteiger partial charge in [-0.2, -0.15) is 13.2 Å². The number of benzene rings is 2. The summed E-state index contributed by atoms with van der Waals surface area (Å²) in [6.45, 7) is -0.416. The van der Waals surface area contributed by atoms with Crippen LogP contribution in [0.5, 0.6) is 0 Å². The van der Waals surface area contributed by atoms with Crippen molar-refractivity contribution in [2.24, 2.45) is 5.73 Å². The topological polar surface area (TPSA) is 105 Å². The van der Waals surface area contributed by atoms with Gasteiger partial charge in [-0.1, -0.05) is 41.9 Å². The smallest absolute Gasteiger partial charge is 0.352 e. The molecule has 4 amide bonds. The van der Waals surface area contributed by atoms with E-state index in [0.717, 1.165) is 11.0 Å². The molecular formula is C20H20ClF3N4O3. The van der Waals surface area contributed by atoms with Crippen molar-refractivity contribution in [3.05, 3.63) is 64.7 Å². The van der Waals surface area contributed by atoms with Gasteiger partial charge in [0.05, 0.1) is 29.6 Å². The molecule has 11 heteroatoms. The highest BCUT2D eigenvalue weighted by molar-refractivity contribution is 6.31. The predicted molar refractivity (Wildman–Crippen MR) is 109 cm³/mol. The maximum Gasteiger partial charge on any atom is 0.417 e. The van der Waals surface area contributed by atoms with E-state index in [1.54, 1.807) is 30.3 Å². The zero-order valence-corrected chi connectivity index (χ0v) is 17.1. The minimum Gasteiger partial charge on any atom is -0.352 e. The van der Waals surface area contributed by atoms with Crippen LogP contribution in [0.1, 0.15) is 23.6 Å². The minimum atomic E-state index is -4.68. The Morgan fingerprint density at radius 2 is 1.77 bits per heavy atom. The van der Waals surface area contributed by atoms with Crippen molar-refractivity contribution in [1.29, 1.82) is 0 Å². The summed E-state index contributed by atoms with van der Waals surface area (Å²) in [7, 11) is 1.36. The number of primary amides is 1. The van der Waals surface area contributed by atoms with Crippen LogP contribution in [0, 0.1) is 0 Å². The summed E-state index contributed by atoms with van der Waals surface area (Å²) in [6.07, 6.45) is -4.85. The molecule has 0 saturated carbocycles. The van der Waals surface area contributed by atoms with E-state index >= 15 is 0 Å². The van der Waals surface area contributed by atoms with Gasteiger partial charge in [0, 0.05) is 12.7 Å². The number of urea groups is 1. The Bertz CT molecular complexity index is 954. The second-order valence-electron chi connectivity index (χ2n) is 6.67. The molecule has 2 aromatic rings. The molecule has 0 spiro atoms. The number of hydrogen-bond acceptors (Lipinski definition) is 3. The van der Waals surface area contributed by atoms with Crippen molar-refractivity contribution in [2.75, 3.05) is 18.9 Å². The number of amides is 4. The standard InChI is InChI=1S/C20H20ClF3N4O3/c1-28(18(30)10-16(27-19(25)31)12-5-3-2-4-6-12)11-17(29)26-13-7-8-15(21)14(9-13)20(22,23)24/h2-9,16H,10-11H2,1H3,(H,26,29)(H3,25,27,31). The number of likely N-dealkylation sites (N-methyl/N-ethyl adjacent to an activating group) is 1. The van der Waals surface area contributed by atoms with E-state index in [9.17, 15) is 27.6 Å². The summed E-state index contributed by atoms with van der Waals surface area (Å²) in [5, 5.41) is 4.28. The summed E-state index contributed by atoms with van der Waals surface area (Å²) >= 11 is 5.55. The van der Waals surface area contributed by atoms with Crippen LogP contribution in [0.25, 0.3) is 0 Å². The monoisotopic (exact) mass is 456 g/mol. The molecule has 31 heavy (non-hydrogen) atoms. The van der Waals surface area contributed by atoms with E-state index in [1.807, 2.05) is 0 Å². The fourth-order valence-electron chi connectivity index (χ4n) is 2.76. The number of nitrogens with zero attached hydrogens (tertiary/aromatic N) is 1. The number of alkyl halides is 3. The first-order chi connectivity index (χ1) is 14.5. The number of carbonyl (C=O) groups excluding carboxylic acids is 3. The van der Waals surface area contributed by atoms with Crippen molar-refractivity contribution >= 4 is 35.1 Å². The first-order valence-electron chi connectivity index (χ1n) is 8.99. The summed E-state index contributed by atoms with van der Waals surface area (Å²) < 4.78 is 38.8. The fraction of sp³-hybridized carbons (Fsp3) is 0.250. The van der Waals surface area contributed by atoms with Gasteiger partial charge < -0.3 is 21.3 Å². The Hall–Kier alpha value is -3.27. The van der Waals surface area contributed by atoms with Crippen LogP contribution in [0.3, 0.4) is 0 Å². The number of nitrogens with one attached hydrogen (secondary N) is 2. The lowest BCUT2D eigenvalue weighted by molar-refractivity contribution is -0.137. The van der Waals surface area contributed by atoms with Crippen molar-refractivity contribution < 1.29 is 27.6 Å². The average Bonchev–Trinajstić information content (AvgIpc) is 2.68. The molecule has 0 heterocycles. The molecule has 1 unspecified atom stereocenters. The molecule has 0 bridgehead atoms. The number of carbonyl (C=O) groups is 3. The Labute approximate surface area is 181 Å². The molecule has 166 valence electrons. The lowest BCUT2D eigenvalue weighted by atomic mass is 10.0. The molecule has 0 aliphatic heterocycles. The summed E-state index contributed by atoms with van der Waals surface area (Å²) in [4.78, 5) is 37.1. The Morgan fingerprint density at radius 3 is 2.35 bits per heavy atom. The van der Waals surface area contributed by atoms with E-state index < -0.39 is 47.2 Å². The Kier molecular flexibility index (Phi) is 7.87. The maximum absolute atomic E-state index is 12.9. The maximum atomic E-state index is 12.9. The van der Waals surface area contributed by atoms with E-state index in [0.29, 0.717) is 11.6 Å². The fourth-order valence-corrected chi connectivity index (χ4v) is 2.99. The van der Waals surface area contributed by atoms with Crippen LogP contribution in [-0.4, -0.2) is 36.3 Å². The highest BCUT2D eigenvalue weighted by Gasteiger charge is 2.33. The molecular weight excluding hydrogens is 437 g/mol. The van der Waals surface area contributed by atoms with Crippen LogP contribution in [0.2, 0.25) is 5.02 Å². The molecule has 0 fully saturated rings. The third-order valence-electron chi connectivity index (χ3n) is 4.26. The zero-order valence-electron chi connectivity index (χ0n) is 16.4. The quantitative estimate of drug-likeness (QED) is 0.593. The second kappa shape index (κ2) is 10.2. The molecule has 7 nitrogen and oxygen atoms in total. The molecule has 1 atom stereocenters. The van der Waals surface area contributed by atoms with Crippen LogP contribution >= 0.6 is 11.6 Å². The predicted octanol–water partition coefficient (Wildman–Crippen LogP) is 3.56. The van der Waals surface area contributed by atoms with Gasteiger partial charge in [-0.15, -0.1) is 0 Å². The number of nitrogens with two attached hydrogens (primary N) is 1. The molecule has 0 aliphatic rings. The summed E-state index contributed by atoms with van der Waals surface area (Å²) in [5.41, 5.74) is 4.63. The molecule has 0 aliphatic carbocycles. The Balaban J connectivity index is 2.02. The number of rotatable bonds is 7. The number of hydrogen-bond donors (Lipinski definition) is 3. The third-order valence-corrected chi connectivity index (χ3v) is 4.59. The minimum absolute atomic E-state index is 0.111. The highest BCUT2D eigenvalue weighted by Crippen LogP contribution is 2.36. The summed E-state index contributed by atoms with van der Waals surface area (Å²) in [5.74, 6) is -1.18. The van der Waals surface area contributed by atoms with E-state index in [2.05, 4.69) is 10.6 Å². The largest absolute Gasteiger partial charge is 0.417 e. The number of anilines is 1. The van der Waals surface area contributed by atoms with Crippen molar-refractivity contribution in [1.82, 2.24) is 10.2 Å². The van der Waals surface area contributed by atoms with E-state index in [-0.39, 0.29) is 12.1 Å². The van der Waals surface area contributed by atoms with Gasteiger partial charge in [0.1, 0.15) is 0 Å². The molecule has 0 aromatic heterocycles. The van der Waals surface area contributed by atoms with Gasteiger partial charge in [-0.3, -0.25) is 9.59 Å². The lowest BCUT2D eigenvalue weighted by Crippen LogP contribution is -2.39. The van der Waals surface area contributed by atoms with E-state index in [1.165, 1.54) is 13.1 Å². The lowest BCUT2D eigenvalue weighted by Gasteiger charge is -2.22. The van der Waals surface area contributed by atoms with Gasteiger partial charge in [-0.25, -0.2) is 4.79 Å². The van der Waals surface area contributed by atoms with Crippen LogP contribution in [-0.2, 0) is 15.8 Å². The molecule has 2 aromatic carbocycles. The first-order valence-corrected chi connectivity index (χ1v) is 9.36. The van der Waals surface area contributed by atoms with Gasteiger partial charge in [0.25, 0.3) is 0 Å². The first kappa shape index (κ1) is 24.0. The second-order valence-corrected chi connectivity index (χ2v) is 7.07. The Morgan fingerprint density at radius 1 is 1.13 bits per heavy atom. The van der Waals surface area contributed by atoms with Gasteiger partial charge >= 0.3 is 12.2 Å². The molecule has 0 saturated heterocycles. The van der Waals surface area contributed by atoms with E-state index in [4.69, 9.17) is 17.3 Å². The van der Waals surface area contributed by atoms with Gasteiger partial charge in [0.15, 0.2) is 0 Å². The highest BCUT2D eigenvalue weighted by atomic mass is 35.5. The van der Waals surface area contributed by atoms with Crippen molar-refractivity contribution in [2.45, 2.75) is 18.6 Å². The van der Waals surface area contributed by atoms with Crippen molar-refractivity contribution in [3.63, 3.8) is 0 Å². The molecule has 0 radical (unpaired) electrons. The SMILES string of the molecule is CN(CC(=O)Nc1ccc(Cl)c(C(F)(F)F)c1)C(=O)CC(NC(N)=O)c1ccccc1. The molecule has 4 N–H and O–H groups in total. The van der Waals surface area contributed by atoms with Crippen molar-refractivity contribution in [3.8, 4) is 0 Å².